The maximum atomic E-state index is 12.6. The van der Waals surface area contributed by atoms with E-state index < -0.39 is 5.60 Å². The summed E-state index contributed by atoms with van der Waals surface area (Å²) in [4.78, 5) is 16.9. The van der Waals surface area contributed by atoms with E-state index in [1.54, 1.807) is 55.2 Å². The van der Waals surface area contributed by atoms with Crippen LogP contribution in [0.25, 0.3) is 11.4 Å². The highest BCUT2D eigenvalue weighted by atomic mass is 79.9. The van der Waals surface area contributed by atoms with Crippen molar-refractivity contribution in [2.24, 2.45) is 0 Å². The lowest BCUT2D eigenvalue weighted by Crippen LogP contribution is -2.26. The van der Waals surface area contributed by atoms with Gasteiger partial charge in [0, 0.05) is 6.20 Å². The Balaban J connectivity index is 2.03. The second kappa shape index (κ2) is 6.81. The highest BCUT2D eigenvalue weighted by Crippen LogP contribution is 2.32. The number of furan rings is 1. The van der Waals surface area contributed by atoms with Gasteiger partial charge in [-0.3, -0.25) is 14.5 Å². The highest BCUT2D eigenvalue weighted by molar-refractivity contribution is 9.10. The van der Waals surface area contributed by atoms with Gasteiger partial charge in [-0.2, -0.15) is 5.10 Å². The molecule has 0 fully saturated rings. The van der Waals surface area contributed by atoms with Crippen LogP contribution in [0.1, 0.15) is 24.4 Å². The number of hydrogen-bond donors (Lipinski definition) is 1. The predicted octanol–water partition coefficient (Wildman–Crippen LogP) is 3.27. The van der Waals surface area contributed by atoms with E-state index in [9.17, 15) is 9.90 Å². The van der Waals surface area contributed by atoms with E-state index in [0.29, 0.717) is 17.1 Å². The Kier molecular flexibility index (Phi) is 4.73. The predicted molar refractivity (Wildman–Crippen MR) is 96.2 cm³/mol. The van der Waals surface area contributed by atoms with E-state index >= 15 is 0 Å². The summed E-state index contributed by atoms with van der Waals surface area (Å²) in [7, 11) is 0. The molecule has 0 aliphatic carbocycles. The molecule has 0 aliphatic heterocycles. The second-order valence-corrected chi connectivity index (χ2v) is 6.86. The Morgan fingerprint density at radius 3 is 2.76 bits per heavy atom. The van der Waals surface area contributed by atoms with Crippen LogP contribution in [0, 0.1) is 0 Å². The smallest absolute Gasteiger partial charge is 0.304 e. The van der Waals surface area contributed by atoms with Crippen molar-refractivity contribution in [1.29, 1.82) is 0 Å². The van der Waals surface area contributed by atoms with E-state index in [0.717, 1.165) is 0 Å². The Bertz CT molecular complexity index is 854. The summed E-state index contributed by atoms with van der Waals surface area (Å²) in [5.41, 5.74) is 0.682. The quantitative estimate of drug-likeness (QED) is 0.659. The van der Waals surface area contributed by atoms with Crippen molar-refractivity contribution in [3.8, 4) is 11.4 Å². The van der Waals surface area contributed by atoms with Crippen LogP contribution in [-0.2, 0) is 6.54 Å². The van der Waals surface area contributed by atoms with Gasteiger partial charge in [0.05, 0.1) is 46.4 Å². The van der Waals surface area contributed by atoms with Crippen LogP contribution in [0.15, 0.2) is 53.4 Å². The lowest BCUT2D eigenvalue weighted by atomic mass is 10.1. The Morgan fingerprint density at radius 1 is 1.36 bits per heavy atom. The molecule has 3 rings (SSSR count). The first-order valence-corrected chi connectivity index (χ1v) is 8.31. The molecule has 8 heteroatoms. The van der Waals surface area contributed by atoms with Crippen LogP contribution in [0.3, 0.4) is 0 Å². The largest absolute Gasteiger partial charge is 0.459 e. The highest BCUT2D eigenvalue weighted by Gasteiger charge is 2.25. The zero-order chi connectivity index (χ0) is 18.0. The minimum atomic E-state index is -0.952. The fraction of sp³-hybridized carbons (Fsp3) is 0.235. The first-order chi connectivity index (χ1) is 11.8. The van der Waals surface area contributed by atoms with E-state index in [2.05, 4.69) is 26.2 Å². The summed E-state index contributed by atoms with van der Waals surface area (Å²) in [5.74, 6) is -0.177. The molecule has 3 heterocycles. The third kappa shape index (κ3) is 3.97. The van der Waals surface area contributed by atoms with Crippen LogP contribution in [0.4, 0.5) is 5.69 Å². The zero-order valence-corrected chi connectivity index (χ0v) is 15.3. The average Bonchev–Trinajstić information content (AvgIpc) is 3.22. The fourth-order valence-corrected chi connectivity index (χ4v) is 2.76. The van der Waals surface area contributed by atoms with Gasteiger partial charge in [-0.1, -0.05) is 6.07 Å². The molecule has 3 aromatic heterocycles. The SMILES string of the molecule is CC(C)(O)Cn1cc(N(Br)C(=O)c2ccco2)c(-c2ccccn2)n1. The van der Waals surface area contributed by atoms with Gasteiger partial charge in [-0.25, -0.2) is 3.93 Å². The van der Waals surface area contributed by atoms with Gasteiger partial charge in [0.2, 0.25) is 0 Å². The summed E-state index contributed by atoms with van der Waals surface area (Å²) in [5, 5.41) is 14.5. The number of nitrogens with zero attached hydrogens (tertiary/aromatic N) is 4. The molecule has 0 unspecified atom stereocenters. The first-order valence-electron chi connectivity index (χ1n) is 7.60. The summed E-state index contributed by atoms with van der Waals surface area (Å²) in [6.45, 7) is 3.64. The molecule has 0 spiro atoms. The number of hydrogen-bond acceptors (Lipinski definition) is 5. The van der Waals surface area contributed by atoms with E-state index in [1.165, 1.54) is 10.2 Å². The minimum absolute atomic E-state index is 0.194. The van der Waals surface area contributed by atoms with Gasteiger partial charge < -0.3 is 9.52 Å². The van der Waals surface area contributed by atoms with Crippen molar-refractivity contribution in [1.82, 2.24) is 14.8 Å². The molecule has 0 radical (unpaired) electrons. The lowest BCUT2D eigenvalue weighted by Gasteiger charge is -2.16. The number of pyridine rings is 1. The van der Waals surface area contributed by atoms with Crippen molar-refractivity contribution >= 4 is 27.7 Å². The lowest BCUT2D eigenvalue weighted by molar-refractivity contribution is 0.0578. The maximum Gasteiger partial charge on any atom is 0.304 e. The molecule has 25 heavy (non-hydrogen) atoms. The molecule has 3 aromatic rings. The monoisotopic (exact) mass is 404 g/mol. The Labute approximate surface area is 153 Å². The van der Waals surface area contributed by atoms with Gasteiger partial charge in [0.15, 0.2) is 5.76 Å². The molecule has 0 bridgehead atoms. The van der Waals surface area contributed by atoms with Crippen molar-refractivity contribution < 1.29 is 14.3 Å². The Morgan fingerprint density at radius 2 is 2.16 bits per heavy atom. The number of rotatable bonds is 5. The molecule has 0 atom stereocenters. The summed E-state index contributed by atoms with van der Waals surface area (Å²) < 4.78 is 8.03. The third-order valence-electron chi connectivity index (χ3n) is 3.32. The van der Waals surface area contributed by atoms with Crippen molar-refractivity contribution in [2.75, 3.05) is 3.93 Å². The summed E-state index contributed by atoms with van der Waals surface area (Å²) in [6, 6.07) is 8.67. The topological polar surface area (TPSA) is 84.4 Å². The van der Waals surface area contributed by atoms with Gasteiger partial charge in [0.1, 0.15) is 11.4 Å². The standard InChI is InChI=1S/C17H17BrN4O3/c1-17(2,24)11-21-10-13(15(20-21)12-6-3-4-8-19-12)22(18)16(23)14-7-5-9-25-14/h3-10,24H,11H2,1-2H3. The van der Waals surface area contributed by atoms with Crippen LogP contribution in [-0.4, -0.2) is 31.4 Å². The Hall–Kier alpha value is -2.45. The molecule has 0 saturated carbocycles. The molecule has 130 valence electrons. The van der Waals surface area contributed by atoms with Crippen molar-refractivity contribution in [3.05, 3.63) is 54.7 Å². The normalized spacial score (nSPS) is 11.5. The molecular weight excluding hydrogens is 388 g/mol. The van der Waals surface area contributed by atoms with Gasteiger partial charge in [0.25, 0.3) is 0 Å². The van der Waals surface area contributed by atoms with Crippen LogP contribution in [0.5, 0.6) is 0 Å². The number of carbonyl (C=O) groups is 1. The number of halogens is 1. The number of amides is 1. The van der Waals surface area contributed by atoms with Crippen molar-refractivity contribution in [2.45, 2.75) is 26.0 Å². The minimum Gasteiger partial charge on any atom is -0.459 e. The van der Waals surface area contributed by atoms with Gasteiger partial charge in [-0.15, -0.1) is 0 Å². The molecule has 1 amide bonds. The number of aliphatic hydroxyl groups is 1. The van der Waals surface area contributed by atoms with Gasteiger partial charge in [-0.05, 0) is 38.1 Å². The van der Waals surface area contributed by atoms with Crippen LogP contribution < -0.4 is 3.93 Å². The molecule has 0 saturated heterocycles. The van der Waals surface area contributed by atoms with E-state index in [1.807, 2.05) is 6.07 Å². The fourth-order valence-electron chi connectivity index (χ4n) is 2.32. The van der Waals surface area contributed by atoms with Crippen LogP contribution in [0.2, 0.25) is 0 Å². The number of carbonyl (C=O) groups excluding carboxylic acids is 1. The molecule has 0 aliphatic rings. The molecule has 1 N–H and O–H groups in total. The third-order valence-corrected chi connectivity index (χ3v) is 4.02. The summed E-state index contributed by atoms with van der Waals surface area (Å²) >= 11 is 3.29. The summed E-state index contributed by atoms with van der Waals surface area (Å²) in [6.07, 6.45) is 4.77. The number of aromatic nitrogens is 3. The maximum absolute atomic E-state index is 12.6. The second-order valence-electron chi connectivity index (χ2n) is 6.15. The first kappa shape index (κ1) is 17.4. The van der Waals surface area contributed by atoms with E-state index in [-0.39, 0.29) is 18.2 Å². The van der Waals surface area contributed by atoms with Crippen molar-refractivity contribution in [3.63, 3.8) is 0 Å². The molecule has 7 nitrogen and oxygen atoms in total. The molecular formula is C17H17BrN4O3. The van der Waals surface area contributed by atoms with Gasteiger partial charge >= 0.3 is 5.91 Å². The average molecular weight is 405 g/mol. The molecule has 0 aromatic carbocycles. The number of anilines is 1. The zero-order valence-electron chi connectivity index (χ0n) is 13.8. The van der Waals surface area contributed by atoms with Crippen LogP contribution >= 0.6 is 16.1 Å². The van der Waals surface area contributed by atoms with E-state index in [4.69, 9.17) is 4.42 Å².